The summed E-state index contributed by atoms with van der Waals surface area (Å²) in [6, 6.07) is 10.5. The van der Waals surface area contributed by atoms with Crippen molar-refractivity contribution >= 4 is 5.97 Å². The monoisotopic (exact) mass is 356 g/mol. The van der Waals surface area contributed by atoms with E-state index in [1.54, 1.807) is 43.5 Å². The summed E-state index contributed by atoms with van der Waals surface area (Å²) in [5, 5.41) is 19.4. The van der Waals surface area contributed by atoms with Crippen LogP contribution in [-0.4, -0.2) is 36.7 Å². The highest BCUT2D eigenvalue weighted by Crippen LogP contribution is 2.48. The first kappa shape index (κ1) is 16.3. The molecule has 0 radical (unpaired) electrons. The minimum atomic E-state index is -1.15. The number of methoxy groups -OCH3 is 1. The standard InChI is InChI=1S/C19H16O7/c1-23-11-4-2-10(3-5-11)17-12-6-14-15(25-9-24-14)7-13(12)26-16(8-20)18(17)19(21)22/h2-7,17,20H,8-9H2,1H3,(H,21,22). The normalized spacial score (nSPS) is 17.5. The van der Waals surface area contributed by atoms with Crippen molar-refractivity contribution in [3.63, 3.8) is 0 Å². The Balaban J connectivity index is 1.92. The van der Waals surface area contributed by atoms with Gasteiger partial charge in [-0.15, -0.1) is 0 Å². The van der Waals surface area contributed by atoms with Crippen molar-refractivity contribution < 1.29 is 34.0 Å². The van der Waals surface area contributed by atoms with Gasteiger partial charge in [-0.3, -0.25) is 0 Å². The zero-order chi connectivity index (χ0) is 18.3. The topological polar surface area (TPSA) is 94.5 Å². The molecule has 2 aliphatic heterocycles. The molecular weight excluding hydrogens is 340 g/mol. The molecular formula is C19H16O7. The first-order valence-electron chi connectivity index (χ1n) is 7.95. The van der Waals surface area contributed by atoms with Gasteiger partial charge in [-0.1, -0.05) is 12.1 Å². The Bertz CT molecular complexity index is 899. The molecule has 4 rings (SSSR count). The quantitative estimate of drug-likeness (QED) is 0.868. The van der Waals surface area contributed by atoms with E-state index in [1.807, 2.05) is 0 Å². The highest BCUT2D eigenvalue weighted by molar-refractivity contribution is 5.91. The number of carbonyl (C=O) groups is 1. The summed E-state index contributed by atoms with van der Waals surface area (Å²) >= 11 is 0. The van der Waals surface area contributed by atoms with Crippen molar-refractivity contribution in [2.45, 2.75) is 5.92 Å². The van der Waals surface area contributed by atoms with Crippen LogP contribution in [0.2, 0.25) is 0 Å². The molecule has 134 valence electrons. The van der Waals surface area contributed by atoms with Gasteiger partial charge in [0.15, 0.2) is 11.5 Å². The van der Waals surface area contributed by atoms with Crippen LogP contribution < -0.4 is 18.9 Å². The number of hydrogen-bond acceptors (Lipinski definition) is 6. The zero-order valence-electron chi connectivity index (χ0n) is 13.9. The molecule has 2 heterocycles. The lowest BCUT2D eigenvalue weighted by Crippen LogP contribution is -2.23. The molecule has 0 saturated heterocycles. The summed E-state index contributed by atoms with van der Waals surface area (Å²) in [4.78, 5) is 11.9. The fraction of sp³-hybridized carbons (Fsp3) is 0.211. The van der Waals surface area contributed by atoms with Gasteiger partial charge >= 0.3 is 5.97 Å². The maximum atomic E-state index is 11.9. The largest absolute Gasteiger partial charge is 0.497 e. The summed E-state index contributed by atoms with van der Waals surface area (Å²) in [6.07, 6.45) is 0. The van der Waals surface area contributed by atoms with Gasteiger partial charge < -0.3 is 29.2 Å². The van der Waals surface area contributed by atoms with Gasteiger partial charge in [0.1, 0.15) is 23.9 Å². The van der Waals surface area contributed by atoms with Gasteiger partial charge in [-0.05, 0) is 23.8 Å². The molecule has 0 spiro atoms. The molecule has 0 aromatic heterocycles. The van der Waals surface area contributed by atoms with Gasteiger partial charge in [-0.2, -0.15) is 0 Å². The maximum absolute atomic E-state index is 11.9. The predicted molar refractivity (Wildman–Crippen MR) is 89.8 cm³/mol. The Hall–Kier alpha value is -3.19. The van der Waals surface area contributed by atoms with E-state index in [2.05, 4.69) is 0 Å². The number of benzene rings is 2. The molecule has 2 N–H and O–H groups in total. The fourth-order valence-electron chi connectivity index (χ4n) is 3.26. The lowest BCUT2D eigenvalue weighted by molar-refractivity contribution is -0.133. The Kier molecular flexibility index (Phi) is 3.93. The van der Waals surface area contributed by atoms with Crippen molar-refractivity contribution in [2.75, 3.05) is 20.5 Å². The molecule has 7 nitrogen and oxygen atoms in total. The molecule has 2 aliphatic rings. The predicted octanol–water partition coefficient (Wildman–Crippen LogP) is 2.28. The summed E-state index contributed by atoms with van der Waals surface area (Å²) < 4.78 is 21.6. The highest BCUT2D eigenvalue weighted by atomic mass is 16.7. The van der Waals surface area contributed by atoms with Crippen LogP contribution in [0.1, 0.15) is 17.0 Å². The van der Waals surface area contributed by atoms with Gasteiger partial charge in [-0.25, -0.2) is 4.79 Å². The van der Waals surface area contributed by atoms with Crippen molar-refractivity contribution in [3.8, 4) is 23.0 Å². The molecule has 0 bridgehead atoms. The van der Waals surface area contributed by atoms with Crippen LogP contribution in [0.25, 0.3) is 0 Å². The third kappa shape index (κ3) is 2.53. The first-order valence-corrected chi connectivity index (χ1v) is 7.95. The minimum Gasteiger partial charge on any atom is -0.497 e. The van der Waals surface area contributed by atoms with Crippen LogP contribution in [0.15, 0.2) is 47.7 Å². The van der Waals surface area contributed by atoms with E-state index in [-0.39, 0.29) is 18.1 Å². The van der Waals surface area contributed by atoms with E-state index >= 15 is 0 Å². The fourth-order valence-corrected chi connectivity index (χ4v) is 3.26. The summed E-state index contributed by atoms with van der Waals surface area (Å²) in [6.45, 7) is -0.431. The Morgan fingerprint density at radius 3 is 2.46 bits per heavy atom. The van der Waals surface area contributed by atoms with Crippen molar-refractivity contribution in [2.24, 2.45) is 0 Å². The molecule has 0 fully saturated rings. The van der Waals surface area contributed by atoms with Crippen molar-refractivity contribution in [3.05, 3.63) is 58.9 Å². The lowest BCUT2D eigenvalue weighted by atomic mass is 9.82. The van der Waals surface area contributed by atoms with E-state index in [9.17, 15) is 15.0 Å². The highest BCUT2D eigenvalue weighted by Gasteiger charge is 2.36. The Labute approximate surface area is 149 Å². The number of ether oxygens (including phenoxy) is 4. The van der Waals surface area contributed by atoms with Crippen LogP contribution in [0.4, 0.5) is 0 Å². The minimum absolute atomic E-state index is 0.00434. The van der Waals surface area contributed by atoms with Crippen molar-refractivity contribution in [1.29, 1.82) is 0 Å². The van der Waals surface area contributed by atoms with Crippen LogP contribution in [0, 0.1) is 0 Å². The second-order valence-electron chi connectivity index (χ2n) is 5.85. The van der Waals surface area contributed by atoms with Crippen LogP contribution >= 0.6 is 0 Å². The van der Waals surface area contributed by atoms with Gasteiger partial charge in [0.2, 0.25) is 6.79 Å². The summed E-state index contributed by atoms with van der Waals surface area (Å²) in [5.74, 6) is 0.372. The molecule has 7 heteroatoms. The van der Waals surface area contributed by atoms with Crippen molar-refractivity contribution in [1.82, 2.24) is 0 Å². The number of rotatable bonds is 4. The number of fused-ring (bicyclic) bond motifs is 2. The van der Waals surface area contributed by atoms with E-state index in [1.165, 1.54) is 0 Å². The van der Waals surface area contributed by atoms with Gasteiger partial charge in [0.05, 0.1) is 12.7 Å². The third-order valence-electron chi connectivity index (χ3n) is 4.46. The maximum Gasteiger partial charge on any atom is 0.336 e. The van der Waals surface area contributed by atoms with Crippen LogP contribution in [0.5, 0.6) is 23.0 Å². The van der Waals surface area contributed by atoms with Crippen LogP contribution in [0.3, 0.4) is 0 Å². The van der Waals surface area contributed by atoms with E-state index in [0.29, 0.717) is 28.6 Å². The average molecular weight is 356 g/mol. The van der Waals surface area contributed by atoms with Gasteiger partial charge in [0, 0.05) is 17.5 Å². The second-order valence-corrected chi connectivity index (χ2v) is 5.85. The van der Waals surface area contributed by atoms with E-state index in [4.69, 9.17) is 18.9 Å². The number of aliphatic hydroxyl groups is 1. The molecule has 2 aromatic carbocycles. The number of carboxylic acid groups (broad SMARTS) is 1. The van der Waals surface area contributed by atoms with E-state index in [0.717, 1.165) is 5.56 Å². The number of carboxylic acids is 1. The first-order chi connectivity index (χ1) is 12.6. The number of aliphatic hydroxyl groups excluding tert-OH is 1. The zero-order valence-corrected chi connectivity index (χ0v) is 13.9. The molecule has 26 heavy (non-hydrogen) atoms. The number of aliphatic carboxylic acids is 1. The lowest BCUT2D eigenvalue weighted by Gasteiger charge is -2.29. The molecule has 0 amide bonds. The summed E-state index contributed by atoms with van der Waals surface area (Å²) in [5.41, 5.74) is 1.36. The third-order valence-corrected chi connectivity index (χ3v) is 4.46. The number of hydrogen-bond donors (Lipinski definition) is 2. The second kappa shape index (κ2) is 6.27. The van der Waals surface area contributed by atoms with Crippen LogP contribution in [-0.2, 0) is 4.79 Å². The Morgan fingerprint density at radius 1 is 1.15 bits per heavy atom. The molecule has 0 aliphatic carbocycles. The van der Waals surface area contributed by atoms with Gasteiger partial charge in [0.25, 0.3) is 0 Å². The smallest absolute Gasteiger partial charge is 0.336 e. The molecule has 0 saturated carbocycles. The molecule has 2 aromatic rings. The average Bonchev–Trinajstić information content (AvgIpc) is 3.11. The Morgan fingerprint density at radius 2 is 1.85 bits per heavy atom. The van der Waals surface area contributed by atoms with E-state index < -0.39 is 18.5 Å². The molecule has 1 unspecified atom stereocenters. The summed E-state index contributed by atoms with van der Waals surface area (Å²) in [7, 11) is 1.56. The SMILES string of the molecule is COc1ccc(C2C(C(=O)O)=C(CO)Oc3cc4c(cc32)OCO4)cc1. The molecule has 1 atom stereocenters.